The van der Waals surface area contributed by atoms with E-state index in [1.54, 1.807) is 54.6 Å². The van der Waals surface area contributed by atoms with Crippen LogP contribution >= 0.6 is 0 Å². The minimum atomic E-state index is -3.79. The summed E-state index contributed by atoms with van der Waals surface area (Å²) in [7, 11) is -3.79. The standard InChI is InChI=1S/C20H17N3O4S/c1-15-10-12-17(13-11-15)28(26,27)22-19-8-4-3-7-18(19)21-14-16-6-2-5-9-20(16)23(24)25/h2-14,22H,1H3. The van der Waals surface area contributed by atoms with Crippen molar-refractivity contribution in [2.75, 3.05) is 4.72 Å². The van der Waals surface area contributed by atoms with Crippen LogP contribution in [0.4, 0.5) is 17.1 Å². The summed E-state index contributed by atoms with van der Waals surface area (Å²) >= 11 is 0. The zero-order chi connectivity index (χ0) is 20.1. The molecule has 0 atom stereocenters. The van der Waals surface area contributed by atoms with Crippen molar-refractivity contribution in [2.45, 2.75) is 11.8 Å². The summed E-state index contributed by atoms with van der Waals surface area (Å²) in [5.74, 6) is 0. The zero-order valence-electron chi connectivity index (χ0n) is 14.9. The summed E-state index contributed by atoms with van der Waals surface area (Å²) in [6.45, 7) is 1.87. The third-order valence-corrected chi connectivity index (χ3v) is 5.34. The lowest BCUT2D eigenvalue weighted by molar-refractivity contribution is -0.385. The minimum absolute atomic E-state index is 0.0797. The second-order valence-corrected chi connectivity index (χ2v) is 7.69. The Kier molecular flexibility index (Phi) is 5.51. The monoisotopic (exact) mass is 395 g/mol. The SMILES string of the molecule is Cc1ccc(S(=O)(=O)Nc2ccccc2N=Cc2ccccc2[N+](=O)[O-])cc1. The number of benzene rings is 3. The van der Waals surface area contributed by atoms with Gasteiger partial charge in [0.15, 0.2) is 0 Å². The first-order valence-corrected chi connectivity index (χ1v) is 9.81. The topological polar surface area (TPSA) is 102 Å². The van der Waals surface area contributed by atoms with Crippen LogP contribution < -0.4 is 4.72 Å². The van der Waals surface area contributed by atoms with E-state index in [2.05, 4.69) is 9.71 Å². The van der Waals surface area contributed by atoms with Gasteiger partial charge >= 0.3 is 0 Å². The van der Waals surface area contributed by atoms with E-state index < -0.39 is 14.9 Å². The van der Waals surface area contributed by atoms with Crippen molar-refractivity contribution in [3.63, 3.8) is 0 Å². The highest BCUT2D eigenvalue weighted by molar-refractivity contribution is 7.92. The summed E-state index contributed by atoms with van der Waals surface area (Å²) in [6.07, 6.45) is 1.34. The van der Waals surface area contributed by atoms with E-state index in [1.165, 1.54) is 24.4 Å². The quantitative estimate of drug-likeness (QED) is 0.378. The number of nitro benzene ring substituents is 1. The van der Waals surface area contributed by atoms with E-state index in [4.69, 9.17) is 0 Å². The Hall–Kier alpha value is -3.52. The normalized spacial score (nSPS) is 11.5. The van der Waals surface area contributed by atoms with Gasteiger partial charge in [0.2, 0.25) is 0 Å². The summed E-state index contributed by atoms with van der Waals surface area (Å²) < 4.78 is 27.8. The molecule has 3 aromatic rings. The van der Waals surface area contributed by atoms with Crippen LogP contribution in [0.1, 0.15) is 11.1 Å². The molecule has 3 rings (SSSR count). The molecule has 0 unspecified atom stereocenters. The van der Waals surface area contributed by atoms with E-state index in [-0.39, 0.29) is 16.3 Å². The average Bonchev–Trinajstić information content (AvgIpc) is 2.67. The van der Waals surface area contributed by atoms with Gasteiger partial charge in [0.25, 0.3) is 15.7 Å². The zero-order valence-corrected chi connectivity index (χ0v) is 15.8. The van der Waals surface area contributed by atoms with Crippen LogP contribution in [-0.4, -0.2) is 19.6 Å². The van der Waals surface area contributed by atoms with Crippen molar-refractivity contribution < 1.29 is 13.3 Å². The number of anilines is 1. The van der Waals surface area contributed by atoms with Crippen molar-refractivity contribution in [2.24, 2.45) is 4.99 Å². The number of para-hydroxylation sites is 3. The number of hydrogen-bond donors (Lipinski definition) is 1. The number of nitrogens with zero attached hydrogens (tertiary/aromatic N) is 2. The van der Waals surface area contributed by atoms with Crippen molar-refractivity contribution >= 4 is 33.3 Å². The predicted octanol–water partition coefficient (Wildman–Crippen LogP) is 4.45. The summed E-state index contributed by atoms with van der Waals surface area (Å²) in [5.41, 5.74) is 1.82. The van der Waals surface area contributed by atoms with E-state index in [0.717, 1.165) is 5.56 Å². The van der Waals surface area contributed by atoms with Crippen molar-refractivity contribution in [1.82, 2.24) is 0 Å². The summed E-state index contributed by atoms with van der Waals surface area (Å²) in [4.78, 5) is 15.0. The van der Waals surface area contributed by atoms with Gasteiger partial charge in [-0.25, -0.2) is 8.42 Å². The molecular formula is C20H17N3O4S. The van der Waals surface area contributed by atoms with Gasteiger partial charge in [-0.2, -0.15) is 0 Å². The summed E-state index contributed by atoms with van der Waals surface area (Å²) in [6, 6.07) is 19.3. The van der Waals surface area contributed by atoms with Crippen molar-refractivity contribution in [3.8, 4) is 0 Å². The lowest BCUT2D eigenvalue weighted by Gasteiger charge is -2.10. The third kappa shape index (κ3) is 4.41. The Morgan fingerprint density at radius 1 is 0.964 bits per heavy atom. The van der Waals surface area contributed by atoms with E-state index in [1.807, 2.05) is 6.92 Å². The van der Waals surface area contributed by atoms with Gasteiger partial charge < -0.3 is 0 Å². The van der Waals surface area contributed by atoms with Gasteiger partial charge in [0, 0.05) is 12.3 Å². The van der Waals surface area contributed by atoms with Gasteiger partial charge in [0.05, 0.1) is 26.8 Å². The van der Waals surface area contributed by atoms with Gasteiger partial charge in [-0.05, 0) is 37.3 Å². The molecule has 1 N–H and O–H groups in total. The lowest BCUT2D eigenvalue weighted by atomic mass is 10.2. The molecular weight excluding hydrogens is 378 g/mol. The highest BCUT2D eigenvalue weighted by Gasteiger charge is 2.16. The molecule has 0 radical (unpaired) electrons. The number of sulfonamides is 1. The largest absolute Gasteiger partial charge is 0.278 e. The molecule has 0 saturated carbocycles. The van der Waals surface area contributed by atoms with Crippen LogP contribution in [-0.2, 0) is 10.0 Å². The first-order valence-electron chi connectivity index (χ1n) is 8.33. The number of aryl methyl sites for hydroxylation is 1. The molecule has 142 valence electrons. The smallest absolute Gasteiger partial charge is 0.277 e. The van der Waals surface area contributed by atoms with Gasteiger partial charge in [-0.15, -0.1) is 0 Å². The molecule has 0 spiro atoms. The Morgan fingerprint density at radius 2 is 1.61 bits per heavy atom. The Morgan fingerprint density at radius 3 is 2.32 bits per heavy atom. The number of hydrogen-bond acceptors (Lipinski definition) is 5. The molecule has 0 aliphatic rings. The van der Waals surface area contributed by atoms with Crippen LogP contribution in [0, 0.1) is 17.0 Å². The first-order chi connectivity index (χ1) is 13.4. The Balaban J connectivity index is 1.92. The first kappa shape index (κ1) is 19.2. The van der Waals surface area contributed by atoms with Crippen LogP contribution in [0.5, 0.6) is 0 Å². The van der Waals surface area contributed by atoms with Crippen LogP contribution in [0.15, 0.2) is 82.7 Å². The van der Waals surface area contributed by atoms with Crippen LogP contribution in [0.3, 0.4) is 0 Å². The number of aliphatic imine (C=N–C) groups is 1. The van der Waals surface area contributed by atoms with Gasteiger partial charge in [0.1, 0.15) is 0 Å². The Labute approximate surface area is 162 Å². The van der Waals surface area contributed by atoms with Gasteiger partial charge in [-0.1, -0.05) is 42.0 Å². The lowest BCUT2D eigenvalue weighted by Crippen LogP contribution is -2.13. The molecule has 0 saturated heterocycles. The molecule has 0 amide bonds. The molecule has 7 nitrogen and oxygen atoms in total. The van der Waals surface area contributed by atoms with Gasteiger partial charge in [-0.3, -0.25) is 19.8 Å². The highest BCUT2D eigenvalue weighted by atomic mass is 32.2. The van der Waals surface area contributed by atoms with E-state index in [9.17, 15) is 18.5 Å². The fourth-order valence-corrected chi connectivity index (χ4v) is 3.57. The number of rotatable bonds is 6. The highest BCUT2D eigenvalue weighted by Crippen LogP contribution is 2.27. The van der Waals surface area contributed by atoms with E-state index >= 15 is 0 Å². The number of nitro groups is 1. The predicted molar refractivity (Wildman–Crippen MR) is 109 cm³/mol. The van der Waals surface area contributed by atoms with Crippen LogP contribution in [0.2, 0.25) is 0 Å². The second-order valence-electron chi connectivity index (χ2n) is 6.01. The maximum absolute atomic E-state index is 12.6. The maximum Gasteiger partial charge on any atom is 0.278 e. The van der Waals surface area contributed by atoms with Crippen molar-refractivity contribution in [3.05, 3.63) is 94.0 Å². The fraction of sp³-hybridized carbons (Fsp3) is 0.0500. The fourth-order valence-electron chi connectivity index (χ4n) is 2.50. The molecule has 28 heavy (non-hydrogen) atoms. The Bertz CT molecular complexity index is 1140. The second kappa shape index (κ2) is 8.01. The minimum Gasteiger partial charge on any atom is -0.277 e. The molecule has 3 aromatic carbocycles. The van der Waals surface area contributed by atoms with Crippen molar-refractivity contribution in [1.29, 1.82) is 0 Å². The van der Waals surface area contributed by atoms with Crippen LogP contribution in [0.25, 0.3) is 0 Å². The summed E-state index contributed by atoms with van der Waals surface area (Å²) in [5, 5.41) is 11.1. The third-order valence-electron chi connectivity index (χ3n) is 3.96. The molecule has 0 fully saturated rings. The maximum atomic E-state index is 12.6. The average molecular weight is 395 g/mol. The molecule has 0 aliphatic heterocycles. The molecule has 0 heterocycles. The molecule has 0 aromatic heterocycles. The number of nitrogens with one attached hydrogen (secondary N) is 1. The van der Waals surface area contributed by atoms with E-state index in [0.29, 0.717) is 11.3 Å². The molecule has 0 bridgehead atoms. The molecule has 8 heteroatoms. The molecule has 0 aliphatic carbocycles.